The van der Waals surface area contributed by atoms with E-state index in [1.54, 1.807) is 12.1 Å². The van der Waals surface area contributed by atoms with Crippen molar-refractivity contribution in [1.82, 2.24) is 14.9 Å². The number of phenols is 1. The second-order valence-corrected chi connectivity index (χ2v) is 7.42. The number of pyridine rings is 1. The lowest BCUT2D eigenvalue weighted by Crippen LogP contribution is -2.33. The molecule has 0 fully saturated rings. The SMILES string of the molecule is Cn1cc2c(C(=O)NCC(F)(F)F)c3cc(Cc4ccc(F)cc4)cnc3c(O)c2c1O. The van der Waals surface area contributed by atoms with Crippen LogP contribution in [0.2, 0.25) is 0 Å². The van der Waals surface area contributed by atoms with E-state index in [1.165, 1.54) is 42.2 Å². The number of benzene rings is 2. The van der Waals surface area contributed by atoms with Gasteiger partial charge in [-0.05, 0) is 35.7 Å². The average Bonchev–Trinajstić information content (AvgIpc) is 3.02. The fraction of sp³-hybridized carbons (Fsp3) is 0.182. The molecule has 0 radical (unpaired) electrons. The van der Waals surface area contributed by atoms with Crippen molar-refractivity contribution in [3.8, 4) is 11.6 Å². The first-order valence-corrected chi connectivity index (χ1v) is 9.46. The zero-order valence-corrected chi connectivity index (χ0v) is 16.7. The highest BCUT2D eigenvalue weighted by Gasteiger charge is 2.30. The third kappa shape index (κ3) is 3.91. The molecule has 3 N–H and O–H groups in total. The Hall–Kier alpha value is -3.82. The first-order chi connectivity index (χ1) is 15.0. The molecule has 0 spiro atoms. The minimum atomic E-state index is -4.62. The summed E-state index contributed by atoms with van der Waals surface area (Å²) >= 11 is 0. The van der Waals surface area contributed by atoms with Crippen LogP contribution >= 0.6 is 0 Å². The fourth-order valence-electron chi connectivity index (χ4n) is 3.64. The van der Waals surface area contributed by atoms with Crippen molar-refractivity contribution in [3.63, 3.8) is 0 Å². The molecule has 6 nitrogen and oxygen atoms in total. The number of fused-ring (bicyclic) bond motifs is 2. The summed E-state index contributed by atoms with van der Waals surface area (Å²) in [6.07, 6.45) is -1.52. The maximum Gasteiger partial charge on any atom is 0.405 e. The normalized spacial score (nSPS) is 11.9. The van der Waals surface area contributed by atoms with E-state index >= 15 is 0 Å². The van der Waals surface area contributed by atoms with Crippen LogP contribution in [0.1, 0.15) is 21.5 Å². The number of carbonyl (C=O) groups excluding carboxylic acids is 1. The smallest absolute Gasteiger partial charge is 0.405 e. The van der Waals surface area contributed by atoms with Gasteiger partial charge in [0, 0.05) is 30.2 Å². The van der Waals surface area contributed by atoms with E-state index in [0.717, 1.165) is 5.56 Å². The monoisotopic (exact) mass is 447 g/mol. The minimum Gasteiger partial charge on any atom is -0.505 e. The molecule has 0 saturated heterocycles. The van der Waals surface area contributed by atoms with Crippen molar-refractivity contribution in [2.75, 3.05) is 6.54 Å². The number of carbonyl (C=O) groups is 1. The maximum atomic E-state index is 13.2. The van der Waals surface area contributed by atoms with Gasteiger partial charge < -0.3 is 20.1 Å². The molecule has 4 aromatic rings. The van der Waals surface area contributed by atoms with Gasteiger partial charge in [0.05, 0.1) is 10.9 Å². The van der Waals surface area contributed by atoms with Crippen LogP contribution in [0.25, 0.3) is 21.7 Å². The van der Waals surface area contributed by atoms with Gasteiger partial charge in [0.1, 0.15) is 17.9 Å². The molecule has 32 heavy (non-hydrogen) atoms. The van der Waals surface area contributed by atoms with Crippen molar-refractivity contribution in [1.29, 1.82) is 0 Å². The Kier molecular flexibility index (Phi) is 5.15. The van der Waals surface area contributed by atoms with Crippen LogP contribution in [0.5, 0.6) is 11.6 Å². The third-order valence-corrected chi connectivity index (χ3v) is 5.09. The molecule has 2 heterocycles. The van der Waals surface area contributed by atoms with Gasteiger partial charge in [0.15, 0.2) is 5.75 Å². The van der Waals surface area contributed by atoms with Gasteiger partial charge in [-0.1, -0.05) is 12.1 Å². The van der Waals surface area contributed by atoms with Gasteiger partial charge in [-0.2, -0.15) is 13.2 Å². The molecular formula is C22H17F4N3O3. The van der Waals surface area contributed by atoms with E-state index in [0.29, 0.717) is 12.0 Å². The lowest BCUT2D eigenvalue weighted by Gasteiger charge is -2.13. The van der Waals surface area contributed by atoms with Gasteiger partial charge in [-0.3, -0.25) is 9.78 Å². The average molecular weight is 447 g/mol. The molecule has 2 aromatic carbocycles. The van der Waals surface area contributed by atoms with Crippen LogP contribution in [0.4, 0.5) is 17.6 Å². The molecule has 0 aliphatic rings. The molecule has 0 aliphatic carbocycles. The standard InChI is InChI=1S/C22H17F4N3O3/c1-29-9-15-16(20(31)28-10-22(24,25)26)14-7-12(6-11-2-4-13(23)5-3-11)8-27-18(14)19(30)17(15)21(29)32/h2-5,7-9,30,32H,6,10H2,1H3,(H,28,31). The van der Waals surface area contributed by atoms with E-state index in [9.17, 15) is 32.6 Å². The molecule has 0 saturated carbocycles. The van der Waals surface area contributed by atoms with E-state index < -0.39 is 30.2 Å². The molecule has 0 aliphatic heterocycles. The number of alkyl halides is 3. The van der Waals surface area contributed by atoms with Crippen molar-refractivity contribution in [2.45, 2.75) is 12.6 Å². The summed E-state index contributed by atoms with van der Waals surface area (Å²) in [6, 6.07) is 7.28. The predicted molar refractivity (Wildman–Crippen MR) is 109 cm³/mol. The third-order valence-electron chi connectivity index (χ3n) is 5.09. The fourth-order valence-corrected chi connectivity index (χ4v) is 3.64. The number of aromatic hydroxyl groups is 2. The number of amides is 1. The second kappa shape index (κ2) is 7.70. The van der Waals surface area contributed by atoms with Crippen LogP contribution in [-0.2, 0) is 13.5 Å². The van der Waals surface area contributed by atoms with Crippen molar-refractivity contribution in [2.24, 2.45) is 7.05 Å². The molecule has 10 heteroatoms. The van der Waals surface area contributed by atoms with Gasteiger partial charge in [-0.25, -0.2) is 4.39 Å². The zero-order chi connectivity index (χ0) is 23.2. The zero-order valence-electron chi connectivity index (χ0n) is 16.7. The van der Waals surface area contributed by atoms with Crippen LogP contribution < -0.4 is 5.32 Å². The summed E-state index contributed by atoms with van der Waals surface area (Å²) in [7, 11) is 1.46. The van der Waals surface area contributed by atoms with Crippen LogP contribution in [0, 0.1) is 5.82 Å². The van der Waals surface area contributed by atoms with Crippen LogP contribution in [0.3, 0.4) is 0 Å². The minimum absolute atomic E-state index is 0.0426. The highest BCUT2D eigenvalue weighted by Crippen LogP contribution is 2.42. The van der Waals surface area contributed by atoms with Gasteiger partial charge in [-0.15, -0.1) is 0 Å². The molecule has 2 aromatic heterocycles. The number of halogens is 4. The molecular weight excluding hydrogens is 430 g/mol. The molecule has 1 amide bonds. The molecule has 0 unspecified atom stereocenters. The quantitative estimate of drug-likeness (QED) is 0.410. The van der Waals surface area contributed by atoms with E-state index in [2.05, 4.69) is 4.98 Å². The van der Waals surface area contributed by atoms with E-state index in [4.69, 9.17) is 0 Å². The number of rotatable bonds is 4. The highest BCUT2D eigenvalue weighted by molar-refractivity contribution is 6.21. The van der Waals surface area contributed by atoms with E-state index in [-0.39, 0.29) is 33.1 Å². The number of aromatic nitrogens is 2. The molecule has 166 valence electrons. The first kappa shape index (κ1) is 21.4. The van der Waals surface area contributed by atoms with Crippen molar-refractivity contribution in [3.05, 3.63) is 65.2 Å². The number of aryl methyl sites for hydroxylation is 1. The van der Waals surface area contributed by atoms with Gasteiger partial charge >= 0.3 is 6.18 Å². The van der Waals surface area contributed by atoms with Crippen LogP contribution in [0.15, 0.2) is 42.7 Å². The van der Waals surface area contributed by atoms with Gasteiger partial charge in [0.25, 0.3) is 5.91 Å². The summed E-state index contributed by atoms with van der Waals surface area (Å²) in [5.74, 6) is -2.18. The number of nitrogens with zero attached hydrogens (tertiary/aromatic N) is 2. The lowest BCUT2D eigenvalue weighted by atomic mass is 9.97. The molecule has 0 atom stereocenters. The van der Waals surface area contributed by atoms with Crippen molar-refractivity contribution < 1.29 is 32.6 Å². The van der Waals surface area contributed by atoms with Crippen molar-refractivity contribution >= 4 is 27.6 Å². The lowest BCUT2D eigenvalue weighted by molar-refractivity contribution is -0.123. The predicted octanol–water partition coefficient (Wildman–Crippen LogP) is 4.16. The Morgan fingerprint density at radius 3 is 2.47 bits per heavy atom. The number of nitrogens with one attached hydrogen (secondary N) is 1. The summed E-state index contributed by atoms with van der Waals surface area (Å²) in [6.45, 7) is -1.54. The van der Waals surface area contributed by atoms with Crippen LogP contribution in [-0.4, -0.2) is 38.4 Å². The molecule has 0 bridgehead atoms. The number of hydrogen-bond acceptors (Lipinski definition) is 4. The second-order valence-electron chi connectivity index (χ2n) is 7.42. The topological polar surface area (TPSA) is 87.4 Å². The summed E-state index contributed by atoms with van der Waals surface area (Å²) in [4.78, 5) is 17.0. The summed E-state index contributed by atoms with van der Waals surface area (Å²) < 4.78 is 52.5. The largest absolute Gasteiger partial charge is 0.505 e. The number of phenolic OH excluding ortho intramolecular Hbond substituents is 1. The number of hydrogen-bond donors (Lipinski definition) is 3. The van der Waals surface area contributed by atoms with E-state index in [1.807, 2.05) is 5.32 Å². The molecule has 4 rings (SSSR count). The summed E-state index contributed by atoms with van der Waals surface area (Å²) in [5.41, 5.74) is 1.14. The van der Waals surface area contributed by atoms with Gasteiger partial charge in [0.2, 0.25) is 5.88 Å². The Morgan fingerprint density at radius 2 is 1.81 bits per heavy atom. The maximum absolute atomic E-state index is 13.2. The Balaban J connectivity index is 1.90. The first-order valence-electron chi connectivity index (χ1n) is 9.46. The highest BCUT2D eigenvalue weighted by atomic mass is 19.4. The summed E-state index contributed by atoms with van der Waals surface area (Å²) in [5, 5.41) is 23.0. The Bertz CT molecular complexity index is 1350. The Labute approximate surface area is 178 Å². The Morgan fingerprint density at radius 1 is 1.12 bits per heavy atom.